The molecule has 1 aliphatic carbocycles. The maximum absolute atomic E-state index is 13.6. The molecule has 2 N–H and O–H groups in total. The van der Waals surface area contributed by atoms with Crippen LogP contribution in [0.5, 0.6) is 0 Å². The number of piperazine rings is 1. The molecule has 58 heavy (non-hydrogen) atoms. The van der Waals surface area contributed by atoms with Gasteiger partial charge in [0.1, 0.15) is 11.5 Å². The molecule has 5 aliphatic rings. The van der Waals surface area contributed by atoms with Crippen molar-refractivity contribution in [1.82, 2.24) is 34.6 Å². The summed E-state index contributed by atoms with van der Waals surface area (Å²) >= 11 is 0. The number of amides is 2. The lowest BCUT2D eigenvalue weighted by atomic mass is 9.90. The van der Waals surface area contributed by atoms with Crippen molar-refractivity contribution in [2.75, 3.05) is 74.0 Å². The van der Waals surface area contributed by atoms with Crippen LogP contribution in [0.15, 0.2) is 53.6 Å². The summed E-state index contributed by atoms with van der Waals surface area (Å²) in [7, 11) is 0. The third-order valence-electron chi connectivity index (χ3n) is 13.4. The number of piperidine rings is 2. The number of pyridine rings is 2. The van der Waals surface area contributed by atoms with Crippen LogP contribution in [-0.4, -0.2) is 112 Å². The SMILES string of the molecule is CC(=O)c1c(C)c2cnc(Nc3ccc(N4CCN(C5CCN(CC6CN(c7ccc(C8CCC(=O)NC8=O)cc7)C6)CC5)CC4)cn3)nc2n(C2CCCC2)c1=O. The fraction of sp³-hybridized carbons (Fsp3) is 0.523. The van der Waals surface area contributed by atoms with Gasteiger partial charge in [0.15, 0.2) is 5.78 Å². The number of hydrogen-bond acceptors (Lipinski definition) is 12. The number of benzene rings is 1. The summed E-state index contributed by atoms with van der Waals surface area (Å²) in [6, 6.07) is 13.1. The van der Waals surface area contributed by atoms with E-state index in [9.17, 15) is 19.2 Å². The Kier molecular flexibility index (Phi) is 10.7. The Balaban J connectivity index is 0.731. The number of fused-ring (bicyclic) bond motifs is 1. The van der Waals surface area contributed by atoms with E-state index in [0.717, 1.165) is 101 Å². The minimum Gasteiger partial charge on any atom is -0.371 e. The minimum absolute atomic E-state index is 0.0282. The lowest BCUT2D eigenvalue weighted by Crippen LogP contribution is -2.55. The third kappa shape index (κ3) is 7.71. The lowest BCUT2D eigenvalue weighted by molar-refractivity contribution is -0.134. The Bertz CT molecular complexity index is 2230. The van der Waals surface area contributed by atoms with E-state index >= 15 is 0 Å². The molecule has 1 atom stereocenters. The molecule has 14 nitrogen and oxygen atoms in total. The van der Waals surface area contributed by atoms with Crippen molar-refractivity contribution in [3.63, 3.8) is 0 Å². The van der Waals surface area contributed by atoms with Gasteiger partial charge in [0, 0.05) is 87.5 Å². The summed E-state index contributed by atoms with van der Waals surface area (Å²) in [5, 5.41) is 6.44. The normalized spacial score (nSPS) is 21.7. The second kappa shape index (κ2) is 16.2. The van der Waals surface area contributed by atoms with Gasteiger partial charge in [-0.25, -0.2) is 9.97 Å². The number of anilines is 4. The van der Waals surface area contributed by atoms with Crippen LogP contribution >= 0.6 is 0 Å². The fourth-order valence-electron chi connectivity index (χ4n) is 10.1. The number of aromatic nitrogens is 4. The zero-order valence-corrected chi connectivity index (χ0v) is 33.7. The van der Waals surface area contributed by atoms with E-state index < -0.39 is 0 Å². The highest BCUT2D eigenvalue weighted by atomic mass is 16.2. The molecule has 304 valence electrons. The highest BCUT2D eigenvalue weighted by Gasteiger charge is 2.33. The van der Waals surface area contributed by atoms with Crippen molar-refractivity contribution in [2.24, 2.45) is 5.92 Å². The molecule has 3 aromatic heterocycles. The molecule has 1 saturated carbocycles. The topological polar surface area (TPSA) is 149 Å². The van der Waals surface area contributed by atoms with E-state index in [4.69, 9.17) is 9.97 Å². The van der Waals surface area contributed by atoms with Gasteiger partial charge >= 0.3 is 0 Å². The minimum atomic E-state index is -0.255. The maximum Gasteiger partial charge on any atom is 0.263 e. The molecule has 5 fully saturated rings. The first kappa shape index (κ1) is 38.3. The van der Waals surface area contributed by atoms with Crippen molar-refractivity contribution in [1.29, 1.82) is 0 Å². The number of aryl methyl sites for hydroxylation is 1. The Labute approximate surface area is 339 Å². The van der Waals surface area contributed by atoms with Gasteiger partial charge in [-0.05, 0) is 94.4 Å². The molecule has 4 saturated heterocycles. The van der Waals surface area contributed by atoms with Gasteiger partial charge in [0.05, 0.1) is 23.4 Å². The molecule has 9 rings (SSSR count). The van der Waals surface area contributed by atoms with Gasteiger partial charge in [-0.2, -0.15) is 4.98 Å². The summed E-state index contributed by atoms with van der Waals surface area (Å²) in [5.41, 5.74) is 4.47. The van der Waals surface area contributed by atoms with E-state index in [2.05, 4.69) is 53.4 Å². The highest BCUT2D eigenvalue weighted by Crippen LogP contribution is 2.33. The Hall–Kier alpha value is -5.21. The van der Waals surface area contributed by atoms with Crippen LogP contribution in [0.25, 0.3) is 11.0 Å². The number of imide groups is 1. The quantitative estimate of drug-likeness (QED) is 0.168. The lowest BCUT2D eigenvalue weighted by Gasteiger charge is -2.46. The predicted octanol–water partition coefficient (Wildman–Crippen LogP) is 4.80. The van der Waals surface area contributed by atoms with Crippen LogP contribution in [0.1, 0.15) is 91.7 Å². The van der Waals surface area contributed by atoms with E-state index in [1.807, 2.05) is 24.4 Å². The molecule has 14 heteroatoms. The first-order valence-corrected chi connectivity index (χ1v) is 21.2. The fourth-order valence-corrected chi connectivity index (χ4v) is 10.1. The summed E-state index contributed by atoms with van der Waals surface area (Å²) in [6.45, 7) is 12.9. The van der Waals surface area contributed by atoms with Crippen LogP contribution in [0, 0.1) is 12.8 Å². The van der Waals surface area contributed by atoms with Gasteiger partial charge in [-0.1, -0.05) is 25.0 Å². The van der Waals surface area contributed by atoms with Crippen molar-refractivity contribution >= 4 is 51.8 Å². The number of rotatable bonds is 10. The van der Waals surface area contributed by atoms with E-state index in [0.29, 0.717) is 47.8 Å². The van der Waals surface area contributed by atoms with E-state index in [-0.39, 0.29) is 40.7 Å². The molecule has 0 bridgehead atoms. The standard InChI is InChI=1S/C44H54N10O4/c1-28-37-24-46-44(49-41(37)54(34-5-3-4-6-34)43(58)40(28)29(2)55)47-38-13-11-35(23-45-38)52-21-19-51(20-22-52)33-15-17-50(18-16-33)25-30-26-53(27-30)32-9-7-31(8-10-32)36-12-14-39(56)48-42(36)57/h7-11,13,23-24,30,33-34,36H,3-6,12,14-22,25-27H2,1-2H3,(H,48,56,57)(H,45,46,47,49). The number of ketones is 1. The molecular formula is C44H54N10O4. The number of carbonyl (C=O) groups is 3. The maximum atomic E-state index is 13.6. The number of nitrogens with one attached hydrogen (secondary N) is 2. The summed E-state index contributed by atoms with van der Waals surface area (Å²) in [5.74, 6) is 0.871. The third-order valence-corrected chi connectivity index (χ3v) is 13.4. The van der Waals surface area contributed by atoms with Crippen LogP contribution in [0.2, 0.25) is 0 Å². The van der Waals surface area contributed by atoms with Gasteiger partial charge in [-0.15, -0.1) is 0 Å². The van der Waals surface area contributed by atoms with Crippen molar-refractivity contribution in [3.8, 4) is 0 Å². The van der Waals surface area contributed by atoms with Crippen LogP contribution < -0.4 is 26.0 Å². The van der Waals surface area contributed by atoms with Gasteiger partial charge in [0.2, 0.25) is 17.8 Å². The highest BCUT2D eigenvalue weighted by molar-refractivity contribution is 6.01. The number of likely N-dealkylation sites (tertiary alicyclic amines) is 1. The monoisotopic (exact) mass is 786 g/mol. The molecule has 1 unspecified atom stereocenters. The number of nitrogens with zero attached hydrogens (tertiary/aromatic N) is 8. The van der Waals surface area contributed by atoms with Gasteiger partial charge in [-0.3, -0.25) is 34.0 Å². The average molecular weight is 787 g/mol. The zero-order valence-electron chi connectivity index (χ0n) is 33.7. The molecule has 4 aliphatic heterocycles. The summed E-state index contributed by atoms with van der Waals surface area (Å²) < 4.78 is 1.73. The molecule has 2 amide bonds. The predicted molar refractivity (Wildman–Crippen MR) is 224 cm³/mol. The molecule has 0 spiro atoms. The molecule has 4 aromatic rings. The van der Waals surface area contributed by atoms with Gasteiger partial charge < -0.3 is 20.0 Å². The zero-order chi connectivity index (χ0) is 39.9. The number of Topliss-reactive ketones (excluding diaryl/α,β-unsaturated/α-hetero) is 1. The number of carbonyl (C=O) groups excluding carboxylic acids is 3. The van der Waals surface area contributed by atoms with E-state index in [1.165, 1.54) is 25.5 Å². The second-order valence-corrected chi connectivity index (χ2v) is 17.0. The van der Waals surface area contributed by atoms with Crippen LogP contribution in [0.3, 0.4) is 0 Å². The first-order chi connectivity index (χ1) is 28.2. The Morgan fingerprint density at radius 3 is 2.21 bits per heavy atom. The Morgan fingerprint density at radius 2 is 1.53 bits per heavy atom. The molecular weight excluding hydrogens is 733 g/mol. The molecule has 7 heterocycles. The first-order valence-electron chi connectivity index (χ1n) is 21.2. The molecule has 0 radical (unpaired) electrons. The van der Waals surface area contributed by atoms with Crippen molar-refractivity contribution in [2.45, 2.75) is 83.2 Å². The smallest absolute Gasteiger partial charge is 0.263 e. The average Bonchev–Trinajstić information content (AvgIpc) is 3.74. The molecule has 1 aromatic carbocycles. The second-order valence-electron chi connectivity index (χ2n) is 17.0. The van der Waals surface area contributed by atoms with Crippen molar-refractivity contribution in [3.05, 3.63) is 75.8 Å². The largest absolute Gasteiger partial charge is 0.371 e. The van der Waals surface area contributed by atoms with Crippen molar-refractivity contribution < 1.29 is 14.4 Å². The van der Waals surface area contributed by atoms with Crippen LogP contribution in [0.4, 0.5) is 23.1 Å². The van der Waals surface area contributed by atoms with Crippen LogP contribution in [-0.2, 0) is 9.59 Å². The number of hydrogen-bond donors (Lipinski definition) is 2. The van der Waals surface area contributed by atoms with Gasteiger partial charge in [0.25, 0.3) is 5.56 Å². The summed E-state index contributed by atoms with van der Waals surface area (Å²) in [4.78, 5) is 74.1. The Morgan fingerprint density at radius 1 is 0.810 bits per heavy atom. The summed E-state index contributed by atoms with van der Waals surface area (Å²) in [6.07, 6.45) is 10.9. The van der Waals surface area contributed by atoms with E-state index in [1.54, 1.807) is 17.7 Å².